The lowest BCUT2D eigenvalue weighted by atomic mass is 9.93. The maximum absolute atomic E-state index is 12.5. The van der Waals surface area contributed by atoms with Crippen LogP contribution in [-0.2, 0) is 16.8 Å². The van der Waals surface area contributed by atoms with E-state index in [4.69, 9.17) is 0 Å². The predicted octanol–water partition coefficient (Wildman–Crippen LogP) is 1.35. The highest BCUT2D eigenvalue weighted by Crippen LogP contribution is 2.32. The number of aromatic nitrogens is 4. The van der Waals surface area contributed by atoms with Gasteiger partial charge in [0.25, 0.3) is 10.2 Å². The third-order valence-electron chi connectivity index (χ3n) is 4.52. The zero-order valence-electron chi connectivity index (χ0n) is 14.8. The summed E-state index contributed by atoms with van der Waals surface area (Å²) < 4.78 is 29.6. The Kier molecular flexibility index (Phi) is 5.16. The molecule has 1 fully saturated rings. The Bertz CT molecular complexity index is 833. The minimum atomic E-state index is -3.42. The summed E-state index contributed by atoms with van der Waals surface area (Å²) in [6.07, 6.45) is 8.77. The molecule has 25 heavy (non-hydrogen) atoms. The Labute approximate surface area is 148 Å². The summed E-state index contributed by atoms with van der Waals surface area (Å²) in [5.41, 5.74) is 2.55. The Morgan fingerprint density at radius 2 is 2.04 bits per heavy atom. The highest BCUT2D eigenvalue weighted by Gasteiger charge is 2.33. The summed E-state index contributed by atoms with van der Waals surface area (Å²) in [7, 11) is -0.293. The molecule has 3 heterocycles. The van der Waals surface area contributed by atoms with Crippen molar-refractivity contribution in [3.63, 3.8) is 0 Å². The van der Waals surface area contributed by atoms with Crippen molar-refractivity contribution < 1.29 is 8.42 Å². The van der Waals surface area contributed by atoms with Gasteiger partial charge < -0.3 is 0 Å². The summed E-state index contributed by atoms with van der Waals surface area (Å²) in [6.45, 7) is 3.78. The molecular weight excluding hydrogens is 340 g/mol. The van der Waals surface area contributed by atoms with Crippen molar-refractivity contribution in [2.24, 2.45) is 0 Å². The molecule has 0 saturated carbocycles. The lowest BCUT2D eigenvalue weighted by molar-refractivity contribution is 0.296. The molecule has 9 heteroatoms. The Morgan fingerprint density at radius 1 is 1.28 bits per heavy atom. The molecule has 1 aliphatic rings. The number of nitrogens with zero attached hydrogens (tertiary/aromatic N) is 6. The second-order valence-electron chi connectivity index (χ2n) is 6.36. The van der Waals surface area contributed by atoms with Gasteiger partial charge >= 0.3 is 0 Å². The van der Waals surface area contributed by atoms with Crippen molar-refractivity contribution in [3.05, 3.63) is 30.5 Å². The first kappa shape index (κ1) is 18.0. The van der Waals surface area contributed by atoms with E-state index in [1.54, 1.807) is 32.7 Å². The van der Waals surface area contributed by atoms with Crippen LogP contribution in [0.1, 0.15) is 31.4 Å². The van der Waals surface area contributed by atoms with Crippen molar-refractivity contribution in [2.45, 2.75) is 32.2 Å². The van der Waals surface area contributed by atoms with Gasteiger partial charge in [-0.3, -0.25) is 14.6 Å². The second kappa shape index (κ2) is 7.19. The predicted molar refractivity (Wildman–Crippen MR) is 95.1 cm³/mol. The van der Waals surface area contributed by atoms with Gasteiger partial charge in [-0.15, -0.1) is 0 Å². The summed E-state index contributed by atoms with van der Waals surface area (Å²) >= 11 is 0. The first-order valence-corrected chi connectivity index (χ1v) is 9.84. The Hall–Kier alpha value is -1.84. The molecule has 0 N–H and O–H groups in total. The van der Waals surface area contributed by atoms with Crippen LogP contribution in [0.4, 0.5) is 0 Å². The van der Waals surface area contributed by atoms with E-state index >= 15 is 0 Å². The smallest absolute Gasteiger partial charge is 0.272 e. The van der Waals surface area contributed by atoms with E-state index < -0.39 is 10.2 Å². The highest BCUT2D eigenvalue weighted by atomic mass is 32.2. The van der Waals surface area contributed by atoms with Gasteiger partial charge in [0.1, 0.15) is 0 Å². The minimum Gasteiger partial charge on any atom is -0.272 e. The molecule has 2 aromatic heterocycles. The quantitative estimate of drug-likeness (QED) is 0.799. The Morgan fingerprint density at radius 3 is 2.72 bits per heavy atom. The molecule has 0 amide bonds. The van der Waals surface area contributed by atoms with Crippen molar-refractivity contribution in [3.8, 4) is 11.3 Å². The number of hydrogen-bond donors (Lipinski definition) is 0. The summed E-state index contributed by atoms with van der Waals surface area (Å²) in [4.78, 5) is 9.04. The molecule has 0 spiro atoms. The molecule has 1 saturated heterocycles. The molecule has 1 aliphatic heterocycles. The van der Waals surface area contributed by atoms with Crippen molar-refractivity contribution in [1.82, 2.24) is 28.4 Å². The van der Waals surface area contributed by atoms with Gasteiger partial charge in [0.2, 0.25) is 0 Å². The SMILES string of the molecule is CCn1cc(-c2nccnc2C2CCCN(S(=O)(=O)N(C)C)C2)cn1. The van der Waals surface area contributed by atoms with Gasteiger partial charge in [0.15, 0.2) is 0 Å². The average molecular weight is 364 g/mol. The standard InChI is InChI=1S/C16H24N6O2S/c1-4-21-11-14(10-19-21)16-15(17-7-8-18-16)13-6-5-9-22(12-13)25(23,24)20(2)3/h7-8,10-11,13H,4-6,9,12H2,1-3H3. The van der Waals surface area contributed by atoms with Crippen LogP contribution < -0.4 is 0 Å². The molecule has 2 aromatic rings. The largest absolute Gasteiger partial charge is 0.281 e. The topological polar surface area (TPSA) is 84.2 Å². The van der Waals surface area contributed by atoms with Gasteiger partial charge in [-0.1, -0.05) is 0 Å². The Balaban J connectivity index is 1.92. The number of rotatable bonds is 5. The van der Waals surface area contributed by atoms with Crippen LogP contribution in [-0.4, -0.2) is 64.0 Å². The van der Waals surface area contributed by atoms with E-state index in [1.807, 2.05) is 17.8 Å². The summed E-state index contributed by atoms with van der Waals surface area (Å²) in [6, 6.07) is 0. The normalized spacial score (nSPS) is 19.4. The summed E-state index contributed by atoms with van der Waals surface area (Å²) in [5.74, 6) is 0.0251. The number of piperidine rings is 1. The molecule has 0 aromatic carbocycles. The van der Waals surface area contributed by atoms with Gasteiger partial charge in [-0.05, 0) is 19.8 Å². The van der Waals surface area contributed by atoms with Crippen LogP contribution in [0.15, 0.2) is 24.8 Å². The van der Waals surface area contributed by atoms with Crippen molar-refractivity contribution >= 4 is 10.2 Å². The average Bonchev–Trinajstić information content (AvgIpc) is 3.11. The molecule has 1 atom stereocenters. The first-order chi connectivity index (χ1) is 11.9. The highest BCUT2D eigenvalue weighted by molar-refractivity contribution is 7.86. The lowest BCUT2D eigenvalue weighted by Crippen LogP contribution is -2.45. The van der Waals surface area contributed by atoms with Gasteiger partial charge in [-0.25, -0.2) is 0 Å². The fourth-order valence-electron chi connectivity index (χ4n) is 3.13. The molecule has 136 valence electrons. The van der Waals surface area contributed by atoms with E-state index in [9.17, 15) is 8.42 Å². The minimum absolute atomic E-state index is 0.0251. The van der Waals surface area contributed by atoms with E-state index in [1.165, 1.54) is 8.61 Å². The maximum atomic E-state index is 12.5. The fourth-order valence-corrected chi connectivity index (χ4v) is 4.32. The molecule has 1 unspecified atom stereocenters. The third kappa shape index (κ3) is 3.58. The molecule has 0 bridgehead atoms. The van der Waals surface area contributed by atoms with Crippen LogP contribution in [0.5, 0.6) is 0 Å². The van der Waals surface area contributed by atoms with Gasteiger partial charge in [0.05, 0.1) is 17.6 Å². The van der Waals surface area contributed by atoms with Crippen molar-refractivity contribution in [1.29, 1.82) is 0 Å². The van der Waals surface area contributed by atoms with Gasteiger partial charge in [0, 0.05) is 63.8 Å². The van der Waals surface area contributed by atoms with E-state index in [0.29, 0.717) is 13.1 Å². The first-order valence-electron chi connectivity index (χ1n) is 8.44. The lowest BCUT2D eigenvalue weighted by Gasteiger charge is -2.33. The third-order valence-corrected chi connectivity index (χ3v) is 6.42. The summed E-state index contributed by atoms with van der Waals surface area (Å²) in [5, 5.41) is 4.31. The zero-order valence-corrected chi connectivity index (χ0v) is 15.6. The molecule has 0 radical (unpaired) electrons. The van der Waals surface area contributed by atoms with Crippen LogP contribution >= 0.6 is 0 Å². The van der Waals surface area contributed by atoms with Crippen molar-refractivity contribution in [2.75, 3.05) is 27.2 Å². The van der Waals surface area contributed by atoms with E-state index in [2.05, 4.69) is 15.1 Å². The van der Waals surface area contributed by atoms with Crippen LogP contribution in [0.3, 0.4) is 0 Å². The van der Waals surface area contributed by atoms with E-state index in [-0.39, 0.29) is 5.92 Å². The number of aryl methyl sites for hydroxylation is 1. The van der Waals surface area contributed by atoms with Gasteiger partial charge in [-0.2, -0.15) is 22.1 Å². The second-order valence-corrected chi connectivity index (χ2v) is 8.50. The molecular formula is C16H24N6O2S. The molecule has 0 aliphatic carbocycles. The molecule has 3 rings (SSSR count). The van der Waals surface area contributed by atoms with Crippen LogP contribution in [0.2, 0.25) is 0 Å². The monoisotopic (exact) mass is 364 g/mol. The number of hydrogen-bond acceptors (Lipinski definition) is 5. The maximum Gasteiger partial charge on any atom is 0.281 e. The fraction of sp³-hybridized carbons (Fsp3) is 0.562. The van der Waals surface area contributed by atoms with Crippen LogP contribution in [0.25, 0.3) is 11.3 Å². The van der Waals surface area contributed by atoms with E-state index in [0.717, 1.165) is 36.3 Å². The van der Waals surface area contributed by atoms with Crippen LogP contribution in [0, 0.1) is 0 Å². The molecule has 8 nitrogen and oxygen atoms in total. The zero-order chi connectivity index (χ0) is 18.0.